The number of hydrogen-bond acceptors (Lipinski definition) is 4. The molecular weight excluding hydrogens is 468 g/mol. The summed E-state index contributed by atoms with van der Waals surface area (Å²) in [7, 11) is -3.79. The van der Waals surface area contributed by atoms with Gasteiger partial charge in [0.15, 0.2) is 0 Å². The van der Waals surface area contributed by atoms with Crippen LogP contribution in [0.15, 0.2) is 29.2 Å². The first-order valence-electron chi connectivity index (χ1n) is 7.93. The molecule has 2 N–H and O–H groups in total. The van der Waals surface area contributed by atoms with Crippen LogP contribution in [0.3, 0.4) is 0 Å². The topological polar surface area (TPSA) is 88.2 Å². The van der Waals surface area contributed by atoms with Gasteiger partial charge < -0.3 is 5.32 Å². The number of sulfonamides is 1. The molecule has 6 nitrogen and oxygen atoms in total. The summed E-state index contributed by atoms with van der Waals surface area (Å²) in [6.07, 6.45) is 0. The van der Waals surface area contributed by atoms with Crippen molar-refractivity contribution in [2.45, 2.75) is 37.8 Å². The van der Waals surface area contributed by atoms with Crippen LogP contribution in [0, 0.1) is 0 Å². The fourth-order valence-corrected chi connectivity index (χ4v) is 4.74. The second kappa shape index (κ2) is 8.73. The molecular formula is C17H17Cl4N3O3S. The van der Waals surface area contributed by atoms with Gasteiger partial charge in [-0.15, -0.1) is 0 Å². The van der Waals surface area contributed by atoms with Crippen molar-refractivity contribution >= 4 is 62.3 Å². The van der Waals surface area contributed by atoms with E-state index in [9.17, 15) is 13.2 Å². The number of benzene rings is 1. The summed E-state index contributed by atoms with van der Waals surface area (Å²) in [5.41, 5.74) is -0.493. The van der Waals surface area contributed by atoms with E-state index in [0.29, 0.717) is 5.56 Å². The lowest BCUT2D eigenvalue weighted by atomic mass is 10.1. The van der Waals surface area contributed by atoms with Gasteiger partial charge in [0.1, 0.15) is 10.8 Å². The lowest BCUT2D eigenvalue weighted by Gasteiger charge is -2.21. The molecule has 0 saturated heterocycles. The Morgan fingerprint density at radius 2 is 1.64 bits per heavy atom. The Balaban J connectivity index is 2.29. The third-order valence-electron chi connectivity index (χ3n) is 3.34. The first-order valence-corrected chi connectivity index (χ1v) is 10.9. The molecule has 0 saturated carbocycles. The number of carbonyl (C=O) groups excluding carboxylic acids is 1. The van der Waals surface area contributed by atoms with Crippen LogP contribution in [0.25, 0.3) is 0 Å². The predicted octanol–water partition coefficient (Wildman–Crippen LogP) is 4.70. The molecule has 11 heteroatoms. The summed E-state index contributed by atoms with van der Waals surface area (Å²) >= 11 is 23.6. The number of carbonyl (C=O) groups is 1. The highest BCUT2D eigenvalue weighted by molar-refractivity contribution is 7.89. The lowest BCUT2D eigenvalue weighted by Crippen LogP contribution is -2.41. The first kappa shape index (κ1) is 23.2. The minimum Gasteiger partial charge on any atom is -0.347 e. The summed E-state index contributed by atoms with van der Waals surface area (Å²) in [5, 5.41) is 2.10. The molecule has 0 unspecified atom stereocenters. The van der Waals surface area contributed by atoms with E-state index in [2.05, 4.69) is 15.0 Å². The molecule has 0 spiro atoms. The summed E-state index contributed by atoms with van der Waals surface area (Å²) in [6, 6.07) is 6.31. The second-order valence-electron chi connectivity index (χ2n) is 6.84. The van der Waals surface area contributed by atoms with Crippen LogP contribution in [-0.4, -0.2) is 24.8 Å². The third kappa shape index (κ3) is 5.49. The van der Waals surface area contributed by atoms with Crippen molar-refractivity contribution in [3.05, 3.63) is 55.7 Å². The molecule has 0 aliphatic carbocycles. The van der Waals surface area contributed by atoms with Gasteiger partial charge in [0.2, 0.25) is 10.0 Å². The highest BCUT2D eigenvalue weighted by Crippen LogP contribution is 2.36. The maximum absolute atomic E-state index is 12.7. The van der Waals surface area contributed by atoms with Crippen LogP contribution < -0.4 is 10.0 Å². The monoisotopic (exact) mass is 483 g/mol. The maximum atomic E-state index is 12.7. The number of halogens is 4. The van der Waals surface area contributed by atoms with E-state index in [-0.39, 0.29) is 37.4 Å². The number of pyridine rings is 1. The van der Waals surface area contributed by atoms with Gasteiger partial charge in [0, 0.05) is 12.1 Å². The molecule has 0 atom stereocenters. The van der Waals surface area contributed by atoms with Crippen LogP contribution in [-0.2, 0) is 16.6 Å². The molecule has 0 aliphatic heterocycles. The largest absolute Gasteiger partial charge is 0.347 e. The highest BCUT2D eigenvalue weighted by atomic mass is 35.5. The standard InChI is InChI=1S/C17H17Cl4N3O3S/c1-17(2,3)24-28(26,27)10-7-5-4-6-9(10)8-22-16(25)14-12(19)11(18)13(20)15(21)23-14/h4-7,24H,8H2,1-3H3,(H,22,25). The molecule has 152 valence electrons. The Kier molecular flexibility index (Phi) is 7.23. The van der Waals surface area contributed by atoms with E-state index < -0.39 is 21.5 Å². The van der Waals surface area contributed by atoms with Crippen molar-refractivity contribution in [1.29, 1.82) is 0 Å². The van der Waals surface area contributed by atoms with Crippen molar-refractivity contribution in [2.24, 2.45) is 0 Å². The van der Waals surface area contributed by atoms with Crippen LogP contribution >= 0.6 is 46.4 Å². The average molecular weight is 485 g/mol. The van der Waals surface area contributed by atoms with E-state index in [4.69, 9.17) is 46.4 Å². The van der Waals surface area contributed by atoms with E-state index in [0.717, 1.165) is 0 Å². The highest BCUT2D eigenvalue weighted by Gasteiger charge is 2.25. The average Bonchev–Trinajstić information content (AvgIpc) is 2.59. The molecule has 1 aromatic heterocycles. The van der Waals surface area contributed by atoms with Gasteiger partial charge in [-0.3, -0.25) is 4.79 Å². The van der Waals surface area contributed by atoms with E-state index >= 15 is 0 Å². The molecule has 28 heavy (non-hydrogen) atoms. The van der Waals surface area contributed by atoms with Crippen molar-refractivity contribution < 1.29 is 13.2 Å². The molecule has 0 fully saturated rings. The maximum Gasteiger partial charge on any atom is 0.271 e. The number of hydrogen-bond donors (Lipinski definition) is 2. The van der Waals surface area contributed by atoms with Crippen LogP contribution in [0.4, 0.5) is 0 Å². The number of rotatable bonds is 5. The Labute approximate surface area is 183 Å². The number of aromatic nitrogens is 1. The Bertz CT molecular complexity index is 1020. The van der Waals surface area contributed by atoms with Gasteiger partial charge in [-0.25, -0.2) is 18.1 Å². The van der Waals surface area contributed by atoms with Gasteiger partial charge in [-0.2, -0.15) is 0 Å². The second-order valence-corrected chi connectivity index (χ2v) is 9.98. The summed E-state index contributed by atoms with van der Waals surface area (Å²) < 4.78 is 27.9. The van der Waals surface area contributed by atoms with E-state index in [1.807, 2.05) is 0 Å². The predicted molar refractivity (Wildman–Crippen MR) is 112 cm³/mol. The van der Waals surface area contributed by atoms with Crippen LogP contribution in [0.2, 0.25) is 20.2 Å². The molecule has 1 amide bonds. The van der Waals surface area contributed by atoms with Crippen LogP contribution in [0.5, 0.6) is 0 Å². The van der Waals surface area contributed by atoms with Crippen molar-refractivity contribution in [2.75, 3.05) is 0 Å². The van der Waals surface area contributed by atoms with Gasteiger partial charge in [0.05, 0.1) is 20.0 Å². The molecule has 0 bridgehead atoms. The molecule has 0 radical (unpaired) electrons. The fourth-order valence-electron chi connectivity index (χ4n) is 2.27. The van der Waals surface area contributed by atoms with Crippen molar-refractivity contribution in [1.82, 2.24) is 15.0 Å². The zero-order valence-electron chi connectivity index (χ0n) is 15.1. The van der Waals surface area contributed by atoms with Crippen molar-refractivity contribution in [3.8, 4) is 0 Å². The van der Waals surface area contributed by atoms with Gasteiger partial charge in [-0.1, -0.05) is 64.6 Å². The number of amides is 1. The molecule has 1 aromatic carbocycles. The Morgan fingerprint density at radius 3 is 2.25 bits per heavy atom. The normalized spacial score (nSPS) is 12.1. The summed E-state index contributed by atoms with van der Waals surface area (Å²) in [5.74, 6) is -0.679. The smallest absolute Gasteiger partial charge is 0.271 e. The molecule has 2 rings (SSSR count). The quantitative estimate of drug-likeness (QED) is 0.602. The van der Waals surface area contributed by atoms with Gasteiger partial charge in [0.25, 0.3) is 5.91 Å². The SMILES string of the molecule is CC(C)(C)NS(=O)(=O)c1ccccc1CNC(=O)c1nc(Cl)c(Cl)c(Cl)c1Cl. The Morgan fingerprint density at radius 1 is 1.04 bits per heavy atom. The van der Waals surface area contributed by atoms with E-state index in [1.165, 1.54) is 6.07 Å². The summed E-state index contributed by atoms with van der Waals surface area (Å²) in [6.45, 7) is 5.11. The minimum absolute atomic E-state index is 0.0523. The first-order chi connectivity index (χ1) is 12.8. The molecule has 1 heterocycles. The van der Waals surface area contributed by atoms with Gasteiger partial charge in [-0.05, 0) is 32.4 Å². The summed E-state index contributed by atoms with van der Waals surface area (Å²) in [4.78, 5) is 16.4. The zero-order chi connectivity index (χ0) is 21.3. The fraction of sp³-hybridized carbons (Fsp3) is 0.294. The minimum atomic E-state index is -3.79. The number of nitrogens with one attached hydrogen (secondary N) is 2. The van der Waals surface area contributed by atoms with Crippen LogP contribution in [0.1, 0.15) is 36.8 Å². The van der Waals surface area contributed by atoms with Gasteiger partial charge >= 0.3 is 0 Å². The lowest BCUT2D eigenvalue weighted by molar-refractivity contribution is 0.0945. The van der Waals surface area contributed by atoms with Crippen molar-refractivity contribution in [3.63, 3.8) is 0 Å². The Hall–Kier alpha value is -1.09. The molecule has 2 aromatic rings. The van der Waals surface area contributed by atoms with E-state index in [1.54, 1.807) is 39.0 Å². The zero-order valence-corrected chi connectivity index (χ0v) is 18.9. The number of nitrogens with zero attached hydrogens (tertiary/aromatic N) is 1. The third-order valence-corrected chi connectivity index (χ3v) is 6.88. The molecule has 0 aliphatic rings.